The van der Waals surface area contributed by atoms with Crippen LogP contribution in [0.2, 0.25) is 0 Å². The summed E-state index contributed by atoms with van der Waals surface area (Å²) in [6, 6.07) is 3.78. The van der Waals surface area contributed by atoms with E-state index in [9.17, 15) is 4.79 Å². The Bertz CT molecular complexity index is 396. The van der Waals surface area contributed by atoms with Crippen LogP contribution in [0, 0.1) is 13.8 Å². The predicted molar refractivity (Wildman–Crippen MR) is 71.5 cm³/mol. The summed E-state index contributed by atoms with van der Waals surface area (Å²) >= 11 is 1.80. The molecule has 1 amide bonds. The van der Waals surface area contributed by atoms with Gasteiger partial charge in [-0.15, -0.1) is 0 Å². The molecule has 0 saturated carbocycles. The van der Waals surface area contributed by atoms with Crippen molar-refractivity contribution < 1.29 is 4.79 Å². The van der Waals surface area contributed by atoms with E-state index in [-0.39, 0.29) is 11.9 Å². The molecule has 1 unspecified atom stereocenters. The Hall–Kier alpha value is -1.07. The SMILES string of the molecule is Cc1cc(C)nc(NC(=O)C2CSCCN2)c1. The largest absolute Gasteiger partial charge is 0.309 e. The highest BCUT2D eigenvalue weighted by molar-refractivity contribution is 7.99. The van der Waals surface area contributed by atoms with Crippen LogP contribution in [0.15, 0.2) is 12.1 Å². The van der Waals surface area contributed by atoms with Crippen LogP contribution in [-0.2, 0) is 4.79 Å². The minimum absolute atomic E-state index is 0.00898. The van der Waals surface area contributed by atoms with Crippen molar-refractivity contribution in [3.05, 3.63) is 23.4 Å². The van der Waals surface area contributed by atoms with Crippen molar-refractivity contribution in [3.8, 4) is 0 Å². The van der Waals surface area contributed by atoms with Gasteiger partial charge in [-0.05, 0) is 31.5 Å². The van der Waals surface area contributed by atoms with Crippen LogP contribution < -0.4 is 10.6 Å². The van der Waals surface area contributed by atoms with Gasteiger partial charge in [-0.3, -0.25) is 4.79 Å². The summed E-state index contributed by atoms with van der Waals surface area (Å²) in [5.74, 6) is 2.56. The quantitative estimate of drug-likeness (QED) is 0.833. The molecule has 1 aliphatic heterocycles. The lowest BCUT2D eigenvalue weighted by Gasteiger charge is -2.22. The van der Waals surface area contributed by atoms with E-state index in [4.69, 9.17) is 0 Å². The van der Waals surface area contributed by atoms with Gasteiger partial charge in [0.05, 0.1) is 6.04 Å². The number of aryl methyl sites for hydroxylation is 2. The first-order valence-corrected chi connectivity index (χ1v) is 6.88. The van der Waals surface area contributed by atoms with Gasteiger partial charge in [0.25, 0.3) is 0 Å². The van der Waals surface area contributed by atoms with Crippen molar-refractivity contribution in [2.75, 3.05) is 23.4 Å². The molecule has 0 spiro atoms. The Morgan fingerprint density at radius 2 is 2.35 bits per heavy atom. The number of aromatic nitrogens is 1. The maximum atomic E-state index is 12.0. The van der Waals surface area contributed by atoms with Crippen LogP contribution in [0.25, 0.3) is 0 Å². The van der Waals surface area contributed by atoms with Gasteiger partial charge >= 0.3 is 0 Å². The van der Waals surface area contributed by atoms with E-state index < -0.39 is 0 Å². The van der Waals surface area contributed by atoms with Crippen LogP contribution in [0.3, 0.4) is 0 Å². The van der Waals surface area contributed by atoms with Crippen molar-refractivity contribution in [1.82, 2.24) is 10.3 Å². The van der Waals surface area contributed by atoms with Crippen molar-refractivity contribution in [3.63, 3.8) is 0 Å². The second-order valence-corrected chi connectivity index (χ2v) is 5.39. The van der Waals surface area contributed by atoms with E-state index in [0.29, 0.717) is 5.82 Å². The standard InChI is InChI=1S/C12H17N3OS/c1-8-5-9(2)14-11(6-8)15-12(16)10-7-17-4-3-13-10/h5-6,10,13H,3-4,7H2,1-2H3,(H,14,15,16). The highest BCUT2D eigenvalue weighted by atomic mass is 32.2. The number of anilines is 1. The average Bonchev–Trinajstić information content (AvgIpc) is 2.28. The zero-order valence-electron chi connectivity index (χ0n) is 10.1. The van der Waals surface area contributed by atoms with Crippen LogP contribution >= 0.6 is 11.8 Å². The van der Waals surface area contributed by atoms with E-state index in [0.717, 1.165) is 29.3 Å². The molecule has 1 aliphatic rings. The summed E-state index contributed by atoms with van der Waals surface area (Å²) in [5, 5.41) is 6.08. The van der Waals surface area contributed by atoms with Crippen LogP contribution in [0.1, 0.15) is 11.3 Å². The van der Waals surface area contributed by atoms with E-state index >= 15 is 0 Å². The zero-order chi connectivity index (χ0) is 12.3. The van der Waals surface area contributed by atoms with E-state index in [1.54, 1.807) is 11.8 Å². The molecule has 0 radical (unpaired) electrons. The average molecular weight is 251 g/mol. The summed E-state index contributed by atoms with van der Waals surface area (Å²) in [7, 11) is 0. The first-order chi connectivity index (χ1) is 8.15. The normalized spacial score (nSPS) is 20.0. The molecular weight excluding hydrogens is 234 g/mol. The number of pyridine rings is 1. The number of hydrogen-bond acceptors (Lipinski definition) is 4. The molecule has 4 nitrogen and oxygen atoms in total. The van der Waals surface area contributed by atoms with Gasteiger partial charge in [0.2, 0.25) is 5.91 Å². The van der Waals surface area contributed by atoms with Crippen LogP contribution in [-0.4, -0.2) is 35.0 Å². The second kappa shape index (κ2) is 5.51. The fourth-order valence-corrected chi connectivity index (χ4v) is 2.79. The topological polar surface area (TPSA) is 54.0 Å². The molecule has 1 fully saturated rings. The van der Waals surface area contributed by atoms with Gasteiger partial charge < -0.3 is 10.6 Å². The molecule has 92 valence electrons. The minimum Gasteiger partial charge on any atom is -0.309 e. The van der Waals surface area contributed by atoms with Gasteiger partial charge in [-0.25, -0.2) is 4.98 Å². The molecular formula is C12H17N3OS. The van der Waals surface area contributed by atoms with Gasteiger partial charge in [0.1, 0.15) is 5.82 Å². The van der Waals surface area contributed by atoms with Crippen molar-refractivity contribution in [1.29, 1.82) is 0 Å². The molecule has 0 aliphatic carbocycles. The lowest BCUT2D eigenvalue weighted by molar-refractivity contribution is -0.117. The molecule has 1 atom stereocenters. The summed E-state index contributed by atoms with van der Waals surface area (Å²) in [4.78, 5) is 16.3. The maximum Gasteiger partial charge on any atom is 0.243 e. The van der Waals surface area contributed by atoms with Crippen molar-refractivity contribution in [2.24, 2.45) is 0 Å². The number of thioether (sulfide) groups is 1. The number of nitrogens with one attached hydrogen (secondary N) is 2. The Morgan fingerprint density at radius 1 is 1.53 bits per heavy atom. The molecule has 2 N–H and O–H groups in total. The Balaban J connectivity index is 2.01. The summed E-state index contributed by atoms with van der Waals surface area (Å²) in [6.45, 7) is 4.82. The Kier molecular flexibility index (Phi) is 4.02. The highest BCUT2D eigenvalue weighted by Crippen LogP contribution is 2.12. The minimum atomic E-state index is -0.101. The lowest BCUT2D eigenvalue weighted by atomic mass is 10.2. The third-order valence-corrected chi connectivity index (χ3v) is 3.65. The number of hydrogen-bond donors (Lipinski definition) is 2. The highest BCUT2D eigenvalue weighted by Gasteiger charge is 2.21. The van der Waals surface area contributed by atoms with Gasteiger partial charge in [-0.1, -0.05) is 0 Å². The third-order valence-electron chi connectivity index (χ3n) is 2.59. The fourth-order valence-electron chi connectivity index (χ4n) is 1.85. The van der Waals surface area contributed by atoms with Gasteiger partial charge in [0, 0.05) is 23.7 Å². The first-order valence-electron chi connectivity index (χ1n) is 5.72. The fraction of sp³-hybridized carbons (Fsp3) is 0.500. The van der Waals surface area contributed by atoms with E-state index in [1.165, 1.54) is 0 Å². The number of amides is 1. The second-order valence-electron chi connectivity index (χ2n) is 4.24. The van der Waals surface area contributed by atoms with E-state index in [1.807, 2.05) is 26.0 Å². The van der Waals surface area contributed by atoms with Crippen LogP contribution in [0.5, 0.6) is 0 Å². The summed E-state index contributed by atoms with van der Waals surface area (Å²) in [6.07, 6.45) is 0. The molecule has 0 aromatic carbocycles. The first kappa shape index (κ1) is 12.4. The monoisotopic (exact) mass is 251 g/mol. The van der Waals surface area contributed by atoms with Gasteiger partial charge in [0.15, 0.2) is 0 Å². The molecule has 1 aromatic rings. The molecule has 1 aromatic heterocycles. The summed E-state index contributed by atoms with van der Waals surface area (Å²) in [5.41, 5.74) is 2.03. The number of nitrogens with zero attached hydrogens (tertiary/aromatic N) is 1. The molecule has 1 saturated heterocycles. The van der Waals surface area contributed by atoms with Crippen molar-refractivity contribution in [2.45, 2.75) is 19.9 Å². The summed E-state index contributed by atoms with van der Waals surface area (Å²) < 4.78 is 0. The van der Waals surface area contributed by atoms with E-state index in [2.05, 4.69) is 15.6 Å². The predicted octanol–water partition coefficient (Wildman–Crippen LogP) is 1.34. The molecule has 2 rings (SSSR count). The Labute approximate surface area is 106 Å². The zero-order valence-corrected chi connectivity index (χ0v) is 10.9. The van der Waals surface area contributed by atoms with Crippen molar-refractivity contribution >= 4 is 23.5 Å². The van der Waals surface area contributed by atoms with Crippen LogP contribution in [0.4, 0.5) is 5.82 Å². The number of carbonyl (C=O) groups is 1. The molecule has 17 heavy (non-hydrogen) atoms. The molecule has 0 bridgehead atoms. The maximum absolute atomic E-state index is 12.0. The van der Waals surface area contributed by atoms with Gasteiger partial charge in [-0.2, -0.15) is 11.8 Å². The number of rotatable bonds is 2. The molecule has 2 heterocycles. The smallest absolute Gasteiger partial charge is 0.243 e. The molecule has 5 heteroatoms. The third kappa shape index (κ3) is 3.44. The lowest BCUT2D eigenvalue weighted by Crippen LogP contribution is -2.46. The number of carbonyl (C=O) groups excluding carboxylic acids is 1. The Morgan fingerprint density at radius 3 is 3.00 bits per heavy atom.